The van der Waals surface area contributed by atoms with Crippen molar-refractivity contribution in [1.29, 1.82) is 0 Å². The van der Waals surface area contributed by atoms with E-state index in [0.29, 0.717) is 0 Å². The van der Waals surface area contributed by atoms with E-state index < -0.39 is 18.0 Å². The molecular weight excluding hydrogens is 277 g/mol. The predicted molar refractivity (Wildman–Crippen MR) is 32.5 cm³/mol. The van der Waals surface area contributed by atoms with Crippen molar-refractivity contribution in [1.82, 2.24) is 0 Å². The normalized spacial score (nSPS) is 11.4. The molecular formula is C5H9LaNO4. The Hall–Kier alpha value is 0.0948. The Morgan fingerprint density at radius 2 is 1.82 bits per heavy atom. The first-order valence-electron chi connectivity index (χ1n) is 2.74. The Bertz CT molecular complexity index is 149. The Labute approximate surface area is 91.6 Å². The number of hydrogen-bond donors (Lipinski definition) is 3. The molecule has 11 heavy (non-hydrogen) atoms. The monoisotopic (exact) mass is 286 g/mol. The van der Waals surface area contributed by atoms with Crippen LogP contribution in [0.5, 0.6) is 0 Å². The summed E-state index contributed by atoms with van der Waals surface area (Å²) in [5.74, 6) is -2.20. The van der Waals surface area contributed by atoms with Gasteiger partial charge < -0.3 is 15.9 Å². The molecule has 0 saturated heterocycles. The molecule has 0 amide bonds. The van der Waals surface area contributed by atoms with Crippen LogP contribution in [0.2, 0.25) is 0 Å². The molecule has 5 nitrogen and oxygen atoms in total. The third-order valence-corrected chi connectivity index (χ3v) is 0.986. The van der Waals surface area contributed by atoms with Gasteiger partial charge in [0.25, 0.3) is 0 Å². The summed E-state index contributed by atoms with van der Waals surface area (Å²) in [5, 5.41) is 16.3. The third-order valence-electron chi connectivity index (χ3n) is 0.986. The van der Waals surface area contributed by atoms with Crippen LogP contribution in [0.4, 0.5) is 0 Å². The standard InChI is InChI=1S/C5H9NO4.La/c6-3(5(9)10)1-2-4(7)8;/h3H,1-2,6H2,(H,7,8)(H,9,10);. The van der Waals surface area contributed by atoms with Crippen LogP contribution in [0, 0.1) is 35.6 Å². The van der Waals surface area contributed by atoms with E-state index in [4.69, 9.17) is 15.9 Å². The van der Waals surface area contributed by atoms with Gasteiger partial charge in [-0.25, -0.2) is 0 Å². The topological polar surface area (TPSA) is 101 Å². The molecule has 0 aromatic rings. The minimum Gasteiger partial charge on any atom is -0.481 e. The zero-order valence-corrected chi connectivity index (χ0v) is 9.48. The van der Waals surface area contributed by atoms with Crippen molar-refractivity contribution in [3.8, 4) is 0 Å². The molecule has 0 bridgehead atoms. The molecule has 1 radical (unpaired) electrons. The summed E-state index contributed by atoms with van der Waals surface area (Å²) >= 11 is 0. The number of carboxylic acids is 2. The average molecular weight is 286 g/mol. The quantitative estimate of drug-likeness (QED) is 0.632. The molecule has 0 aliphatic carbocycles. The van der Waals surface area contributed by atoms with Gasteiger partial charge in [-0.2, -0.15) is 0 Å². The van der Waals surface area contributed by atoms with Gasteiger partial charge in [-0.05, 0) is 6.42 Å². The fourth-order valence-corrected chi connectivity index (χ4v) is 0.402. The van der Waals surface area contributed by atoms with Crippen LogP contribution in [-0.2, 0) is 9.59 Å². The van der Waals surface area contributed by atoms with Gasteiger partial charge in [-0.15, -0.1) is 0 Å². The van der Waals surface area contributed by atoms with Crippen molar-refractivity contribution in [3.63, 3.8) is 0 Å². The summed E-state index contributed by atoms with van der Waals surface area (Å²) in [6, 6.07) is -1.06. The fourth-order valence-electron chi connectivity index (χ4n) is 0.402. The van der Waals surface area contributed by atoms with Crippen LogP contribution in [0.1, 0.15) is 12.8 Å². The second kappa shape index (κ2) is 6.78. The zero-order valence-electron chi connectivity index (χ0n) is 5.86. The Kier molecular flexibility index (Phi) is 8.43. The van der Waals surface area contributed by atoms with Gasteiger partial charge in [0.1, 0.15) is 6.04 Å². The maximum atomic E-state index is 9.99. The molecule has 1 atom stereocenters. The number of aliphatic carboxylic acids is 2. The van der Waals surface area contributed by atoms with Gasteiger partial charge in [0.2, 0.25) is 0 Å². The number of rotatable bonds is 4. The summed E-state index contributed by atoms with van der Waals surface area (Å²) in [4.78, 5) is 19.9. The van der Waals surface area contributed by atoms with Gasteiger partial charge in [0, 0.05) is 42.0 Å². The minimum absolute atomic E-state index is 0. The summed E-state index contributed by atoms with van der Waals surface area (Å²) in [6.45, 7) is 0. The third kappa shape index (κ3) is 8.00. The van der Waals surface area contributed by atoms with Gasteiger partial charge in [0.15, 0.2) is 0 Å². The molecule has 0 spiro atoms. The average Bonchev–Trinajstić information content (AvgIpc) is 1.82. The van der Waals surface area contributed by atoms with Crippen molar-refractivity contribution in [2.75, 3.05) is 0 Å². The summed E-state index contributed by atoms with van der Waals surface area (Å²) < 4.78 is 0. The molecule has 4 N–H and O–H groups in total. The molecule has 0 aromatic carbocycles. The Balaban J connectivity index is 0. The first-order valence-corrected chi connectivity index (χ1v) is 2.74. The maximum absolute atomic E-state index is 9.99. The van der Waals surface area contributed by atoms with Gasteiger partial charge in [0.05, 0.1) is 0 Å². The van der Waals surface area contributed by atoms with Crippen LogP contribution >= 0.6 is 0 Å². The molecule has 61 valence electrons. The Morgan fingerprint density at radius 3 is 2.09 bits per heavy atom. The smallest absolute Gasteiger partial charge is 0.320 e. The molecule has 0 aliphatic heterocycles. The summed E-state index contributed by atoms with van der Waals surface area (Å²) in [5.41, 5.74) is 5.00. The molecule has 0 fully saturated rings. The number of carbonyl (C=O) groups is 2. The van der Waals surface area contributed by atoms with Crippen LogP contribution in [0.3, 0.4) is 0 Å². The van der Waals surface area contributed by atoms with E-state index in [1.807, 2.05) is 0 Å². The molecule has 0 heterocycles. The second-order valence-electron chi connectivity index (χ2n) is 1.88. The van der Waals surface area contributed by atoms with E-state index in [1.54, 1.807) is 0 Å². The van der Waals surface area contributed by atoms with Crippen LogP contribution in [0.15, 0.2) is 0 Å². The van der Waals surface area contributed by atoms with Crippen LogP contribution < -0.4 is 5.73 Å². The maximum Gasteiger partial charge on any atom is 0.320 e. The van der Waals surface area contributed by atoms with Gasteiger partial charge in [-0.3, -0.25) is 9.59 Å². The predicted octanol–water partition coefficient (Wildman–Crippen LogP) is -0.737. The molecule has 0 rings (SSSR count). The van der Waals surface area contributed by atoms with E-state index in [1.165, 1.54) is 0 Å². The van der Waals surface area contributed by atoms with E-state index in [9.17, 15) is 9.59 Å². The van der Waals surface area contributed by atoms with Crippen LogP contribution in [0.25, 0.3) is 0 Å². The minimum atomic E-state index is -1.17. The van der Waals surface area contributed by atoms with Crippen molar-refractivity contribution in [2.24, 2.45) is 5.73 Å². The van der Waals surface area contributed by atoms with Crippen molar-refractivity contribution in [2.45, 2.75) is 18.9 Å². The zero-order chi connectivity index (χ0) is 8.15. The van der Waals surface area contributed by atoms with Crippen molar-refractivity contribution < 1.29 is 55.4 Å². The second-order valence-corrected chi connectivity index (χ2v) is 1.88. The van der Waals surface area contributed by atoms with E-state index in [0.717, 1.165) is 0 Å². The largest absolute Gasteiger partial charge is 0.481 e. The molecule has 0 saturated carbocycles. The number of nitrogens with two attached hydrogens (primary N) is 1. The Morgan fingerprint density at radius 1 is 1.36 bits per heavy atom. The van der Waals surface area contributed by atoms with E-state index in [-0.39, 0.29) is 48.4 Å². The van der Waals surface area contributed by atoms with E-state index in [2.05, 4.69) is 0 Å². The molecule has 0 aromatic heterocycles. The summed E-state index contributed by atoms with van der Waals surface area (Å²) in [6.07, 6.45) is -0.224. The first kappa shape index (κ1) is 13.7. The molecule has 0 aliphatic rings. The van der Waals surface area contributed by atoms with E-state index >= 15 is 0 Å². The molecule has 1 unspecified atom stereocenters. The molecule has 6 heteroatoms. The first-order chi connectivity index (χ1) is 4.54. The van der Waals surface area contributed by atoms with Crippen molar-refractivity contribution in [3.05, 3.63) is 0 Å². The van der Waals surface area contributed by atoms with Crippen LogP contribution in [-0.4, -0.2) is 28.2 Å². The van der Waals surface area contributed by atoms with Crippen molar-refractivity contribution >= 4 is 11.9 Å². The fraction of sp³-hybridized carbons (Fsp3) is 0.600. The number of hydrogen-bond acceptors (Lipinski definition) is 3. The van der Waals surface area contributed by atoms with Gasteiger partial charge >= 0.3 is 11.9 Å². The van der Waals surface area contributed by atoms with Gasteiger partial charge in [-0.1, -0.05) is 0 Å². The SMILES string of the molecule is NC(CCC(=O)O)C(=O)O.[La]. The number of carboxylic acid groups (broad SMARTS) is 2. The summed E-state index contributed by atoms with van der Waals surface area (Å²) in [7, 11) is 0.